The molecule has 0 saturated heterocycles. The van der Waals surface area contributed by atoms with E-state index in [9.17, 15) is 4.39 Å². The SMILES string of the molecule is Cc1cccc(-c2nc(-c3ccccc3F)c3ccccc3n2)n1. The van der Waals surface area contributed by atoms with Gasteiger partial charge in [-0.25, -0.2) is 19.3 Å². The summed E-state index contributed by atoms with van der Waals surface area (Å²) >= 11 is 0. The van der Waals surface area contributed by atoms with Crippen LogP contribution in [0.5, 0.6) is 0 Å². The molecule has 0 N–H and O–H groups in total. The molecule has 3 nitrogen and oxygen atoms in total. The lowest BCUT2D eigenvalue weighted by Crippen LogP contribution is -1.98. The number of hydrogen-bond acceptors (Lipinski definition) is 3. The third-order valence-corrected chi connectivity index (χ3v) is 3.85. The molecule has 0 bridgehead atoms. The largest absolute Gasteiger partial charge is 0.250 e. The maximum absolute atomic E-state index is 14.3. The molecule has 4 rings (SSSR count). The second kappa shape index (κ2) is 5.81. The Kier molecular flexibility index (Phi) is 3.50. The molecular weight excluding hydrogens is 301 g/mol. The van der Waals surface area contributed by atoms with Crippen LogP contribution in [0.1, 0.15) is 5.69 Å². The first-order valence-corrected chi connectivity index (χ1v) is 7.68. The average Bonchev–Trinajstić information content (AvgIpc) is 2.61. The van der Waals surface area contributed by atoms with E-state index < -0.39 is 0 Å². The van der Waals surface area contributed by atoms with Gasteiger partial charge in [0, 0.05) is 16.6 Å². The van der Waals surface area contributed by atoms with Gasteiger partial charge in [0.15, 0.2) is 5.82 Å². The van der Waals surface area contributed by atoms with Gasteiger partial charge in [-0.15, -0.1) is 0 Å². The predicted octanol–water partition coefficient (Wildman–Crippen LogP) is 4.81. The maximum Gasteiger partial charge on any atom is 0.179 e. The van der Waals surface area contributed by atoms with Gasteiger partial charge in [0.05, 0.1) is 11.2 Å². The number of aryl methyl sites for hydroxylation is 1. The van der Waals surface area contributed by atoms with E-state index in [-0.39, 0.29) is 5.82 Å². The minimum atomic E-state index is -0.301. The Balaban J connectivity index is 2.03. The van der Waals surface area contributed by atoms with Crippen molar-refractivity contribution in [2.75, 3.05) is 0 Å². The van der Waals surface area contributed by atoms with Gasteiger partial charge >= 0.3 is 0 Å². The lowest BCUT2D eigenvalue weighted by molar-refractivity contribution is 0.631. The average molecular weight is 315 g/mol. The van der Waals surface area contributed by atoms with E-state index in [1.165, 1.54) is 6.07 Å². The van der Waals surface area contributed by atoms with Gasteiger partial charge in [-0.2, -0.15) is 0 Å². The van der Waals surface area contributed by atoms with Gasteiger partial charge < -0.3 is 0 Å². The summed E-state index contributed by atoms with van der Waals surface area (Å²) < 4.78 is 14.3. The lowest BCUT2D eigenvalue weighted by Gasteiger charge is -2.09. The van der Waals surface area contributed by atoms with Crippen LogP contribution in [0.4, 0.5) is 4.39 Å². The summed E-state index contributed by atoms with van der Waals surface area (Å²) in [6, 6.07) is 20.0. The second-order valence-corrected chi connectivity index (χ2v) is 5.56. The molecular formula is C20H14FN3. The number of aromatic nitrogens is 3. The molecule has 116 valence electrons. The Hall–Kier alpha value is -3.14. The summed E-state index contributed by atoms with van der Waals surface area (Å²) in [5.41, 5.74) is 3.38. The summed E-state index contributed by atoms with van der Waals surface area (Å²) in [4.78, 5) is 13.7. The molecule has 2 aromatic carbocycles. The molecule has 0 radical (unpaired) electrons. The monoisotopic (exact) mass is 315 g/mol. The predicted molar refractivity (Wildman–Crippen MR) is 92.9 cm³/mol. The first-order valence-electron chi connectivity index (χ1n) is 7.68. The molecule has 0 unspecified atom stereocenters. The summed E-state index contributed by atoms with van der Waals surface area (Å²) in [6.45, 7) is 1.92. The van der Waals surface area contributed by atoms with Crippen molar-refractivity contribution >= 4 is 10.9 Å². The fraction of sp³-hybridized carbons (Fsp3) is 0.0500. The minimum Gasteiger partial charge on any atom is -0.250 e. The zero-order chi connectivity index (χ0) is 16.5. The molecule has 0 aliphatic carbocycles. The third-order valence-electron chi connectivity index (χ3n) is 3.85. The van der Waals surface area contributed by atoms with Crippen LogP contribution in [0.2, 0.25) is 0 Å². The normalized spacial score (nSPS) is 10.9. The molecule has 2 aromatic heterocycles. The Morgan fingerprint density at radius 2 is 1.54 bits per heavy atom. The Morgan fingerprint density at radius 3 is 2.38 bits per heavy atom. The van der Waals surface area contributed by atoms with Crippen molar-refractivity contribution in [3.05, 3.63) is 78.2 Å². The zero-order valence-electron chi connectivity index (χ0n) is 13.1. The summed E-state index contributed by atoms with van der Waals surface area (Å²) in [5.74, 6) is 0.195. The lowest BCUT2D eigenvalue weighted by atomic mass is 10.1. The highest BCUT2D eigenvalue weighted by Gasteiger charge is 2.14. The van der Waals surface area contributed by atoms with Crippen molar-refractivity contribution in [3.63, 3.8) is 0 Å². The summed E-state index contributed by atoms with van der Waals surface area (Å²) in [5, 5.41) is 0.819. The van der Waals surface area contributed by atoms with Gasteiger partial charge in [0.2, 0.25) is 0 Å². The number of para-hydroxylation sites is 1. The Labute approximate surface area is 138 Å². The zero-order valence-corrected chi connectivity index (χ0v) is 13.1. The van der Waals surface area contributed by atoms with Crippen molar-refractivity contribution < 1.29 is 4.39 Å². The molecule has 0 amide bonds. The topological polar surface area (TPSA) is 38.7 Å². The minimum absolute atomic E-state index is 0.301. The van der Waals surface area contributed by atoms with Gasteiger partial charge in [-0.05, 0) is 37.3 Å². The van der Waals surface area contributed by atoms with Crippen molar-refractivity contribution in [2.45, 2.75) is 6.92 Å². The van der Waals surface area contributed by atoms with E-state index in [1.54, 1.807) is 18.2 Å². The Bertz CT molecular complexity index is 1040. The van der Waals surface area contributed by atoms with Crippen LogP contribution in [0, 0.1) is 12.7 Å². The number of rotatable bonds is 2. The van der Waals surface area contributed by atoms with Crippen LogP contribution in [-0.2, 0) is 0 Å². The first kappa shape index (κ1) is 14.5. The highest BCUT2D eigenvalue weighted by atomic mass is 19.1. The van der Waals surface area contributed by atoms with E-state index >= 15 is 0 Å². The molecule has 4 heteroatoms. The van der Waals surface area contributed by atoms with Crippen LogP contribution in [0.15, 0.2) is 66.7 Å². The fourth-order valence-corrected chi connectivity index (χ4v) is 2.72. The van der Waals surface area contributed by atoms with E-state index in [4.69, 9.17) is 0 Å². The van der Waals surface area contributed by atoms with Crippen molar-refractivity contribution in [2.24, 2.45) is 0 Å². The van der Waals surface area contributed by atoms with E-state index in [1.807, 2.05) is 49.4 Å². The van der Waals surface area contributed by atoms with Crippen LogP contribution in [0.3, 0.4) is 0 Å². The summed E-state index contributed by atoms with van der Waals surface area (Å²) in [7, 11) is 0. The molecule has 24 heavy (non-hydrogen) atoms. The molecule has 0 fully saturated rings. The number of pyridine rings is 1. The Morgan fingerprint density at radius 1 is 0.750 bits per heavy atom. The van der Waals surface area contributed by atoms with E-state index in [0.29, 0.717) is 22.8 Å². The standard InChI is InChI=1S/C20H14FN3/c1-13-7-6-12-18(22-13)20-23-17-11-5-3-9-15(17)19(24-20)14-8-2-4-10-16(14)21/h2-12H,1H3. The van der Waals surface area contributed by atoms with Gasteiger partial charge in [0.25, 0.3) is 0 Å². The number of fused-ring (bicyclic) bond motifs is 1. The number of nitrogens with zero attached hydrogens (tertiary/aromatic N) is 3. The van der Waals surface area contributed by atoms with Crippen LogP contribution in [-0.4, -0.2) is 15.0 Å². The van der Waals surface area contributed by atoms with Crippen molar-refractivity contribution in [3.8, 4) is 22.8 Å². The van der Waals surface area contributed by atoms with E-state index in [2.05, 4.69) is 15.0 Å². The molecule has 0 aliphatic heterocycles. The molecule has 0 atom stereocenters. The summed E-state index contributed by atoms with van der Waals surface area (Å²) in [6.07, 6.45) is 0. The van der Waals surface area contributed by atoms with Crippen molar-refractivity contribution in [1.29, 1.82) is 0 Å². The molecule has 2 heterocycles. The van der Waals surface area contributed by atoms with Gasteiger partial charge in [-0.1, -0.05) is 36.4 Å². The maximum atomic E-state index is 14.3. The fourth-order valence-electron chi connectivity index (χ4n) is 2.72. The van der Waals surface area contributed by atoms with Crippen LogP contribution in [0.25, 0.3) is 33.7 Å². The molecule has 0 saturated carbocycles. The van der Waals surface area contributed by atoms with Crippen molar-refractivity contribution in [1.82, 2.24) is 15.0 Å². The number of hydrogen-bond donors (Lipinski definition) is 0. The highest BCUT2D eigenvalue weighted by molar-refractivity contribution is 5.93. The first-order chi connectivity index (χ1) is 11.7. The number of halogens is 1. The van der Waals surface area contributed by atoms with Gasteiger partial charge in [0.1, 0.15) is 11.5 Å². The molecule has 4 aromatic rings. The quantitative estimate of drug-likeness (QED) is 0.533. The van der Waals surface area contributed by atoms with Crippen LogP contribution >= 0.6 is 0 Å². The van der Waals surface area contributed by atoms with E-state index in [0.717, 1.165) is 16.6 Å². The number of benzene rings is 2. The second-order valence-electron chi connectivity index (χ2n) is 5.56. The third kappa shape index (κ3) is 2.52. The molecule has 0 spiro atoms. The van der Waals surface area contributed by atoms with Crippen LogP contribution < -0.4 is 0 Å². The highest BCUT2D eigenvalue weighted by Crippen LogP contribution is 2.30. The van der Waals surface area contributed by atoms with Gasteiger partial charge in [-0.3, -0.25) is 0 Å². The smallest absolute Gasteiger partial charge is 0.179 e. The molecule has 0 aliphatic rings.